The minimum atomic E-state index is 0.694. The fourth-order valence-corrected chi connectivity index (χ4v) is 3.07. The largest absolute Gasteiger partial charge is 0.371 e. The van der Waals surface area contributed by atoms with E-state index in [0.29, 0.717) is 6.04 Å². The van der Waals surface area contributed by atoms with Gasteiger partial charge in [0, 0.05) is 42.8 Å². The van der Waals surface area contributed by atoms with Crippen molar-refractivity contribution < 1.29 is 0 Å². The maximum Gasteiger partial charge on any atom is 0.0445 e. The van der Waals surface area contributed by atoms with Gasteiger partial charge in [-0.2, -0.15) is 0 Å². The number of nitrogens with zero attached hydrogens (tertiary/aromatic N) is 2. The molecule has 1 saturated carbocycles. The molecule has 0 atom stereocenters. The van der Waals surface area contributed by atoms with Crippen LogP contribution >= 0.6 is 0 Å². The Morgan fingerprint density at radius 2 is 1.95 bits per heavy atom. The van der Waals surface area contributed by atoms with Crippen molar-refractivity contribution in [2.75, 3.05) is 19.0 Å². The highest BCUT2D eigenvalue weighted by atomic mass is 15.1. The Morgan fingerprint density at radius 1 is 1.26 bits per heavy atom. The molecular weight excluding hydrogens is 234 g/mol. The van der Waals surface area contributed by atoms with Crippen LogP contribution in [0, 0.1) is 6.92 Å². The van der Waals surface area contributed by atoms with Gasteiger partial charge >= 0.3 is 0 Å². The van der Waals surface area contributed by atoms with Crippen LogP contribution in [0.2, 0.25) is 0 Å². The van der Waals surface area contributed by atoms with E-state index in [9.17, 15) is 0 Å². The molecule has 1 aliphatic carbocycles. The van der Waals surface area contributed by atoms with Gasteiger partial charge in [0.1, 0.15) is 0 Å². The van der Waals surface area contributed by atoms with Crippen LogP contribution in [0.15, 0.2) is 12.3 Å². The van der Waals surface area contributed by atoms with Crippen LogP contribution in [0.4, 0.5) is 5.69 Å². The van der Waals surface area contributed by atoms with Crippen LogP contribution in [0.25, 0.3) is 0 Å². The summed E-state index contributed by atoms with van der Waals surface area (Å²) in [6.07, 6.45) is 10.2. The van der Waals surface area contributed by atoms with E-state index in [2.05, 4.69) is 35.2 Å². The van der Waals surface area contributed by atoms with Crippen molar-refractivity contribution in [3.05, 3.63) is 23.5 Å². The monoisotopic (exact) mass is 261 g/mol. The zero-order chi connectivity index (χ0) is 13.7. The first kappa shape index (κ1) is 14.3. The third-order valence-corrected chi connectivity index (χ3v) is 4.22. The lowest BCUT2D eigenvalue weighted by molar-refractivity contribution is 0.551. The summed E-state index contributed by atoms with van der Waals surface area (Å²) in [7, 11) is 4.25. The molecule has 0 aromatic carbocycles. The number of pyridine rings is 1. The van der Waals surface area contributed by atoms with Crippen molar-refractivity contribution in [1.29, 1.82) is 0 Å². The maximum atomic E-state index is 4.44. The van der Waals surface area contributed by atoms with Crippen LogP contribution in [0.3, 0.4) is 0 Å². The predicted molar refractivity (Wildman–Crippen MR) is 81.6 cm³/mol. The van der Waals surface area contributed by atoms with E-state index in [1.807, 2.05) is 13.2 Å². The first-order valence-corrected chi connectivity index (χ1v) is 7.55. The average molecular weight is 261 g/mol. The Kier molecular flexibility index (Phi) is 5.20. The molecule has 1 N–H and O–H groups in total. The normalized spacial score (nSPS) is 17.2. The van der Waals surface area contributed by atoms with E-state index in [1.54, 1.807) is 0 Å². The van der Waals surface area contributed by atoms with Crippen molar-refractivity contribution in [1.82, 2.24) is 10.3 Å². The van der Waals surface area contributed by atoms with E-state index in [0.717, 1.165) is 12.2 Å². The lowest BCUT2D eigenvalue weighted by Crippen LogP contribution is -2.32. The standard InChI is InChI=1S/C16H27N3/c1-13-10-16(14(11-17-2)12-18-13)19(3)15-8-6-4-5-7-9-15/h10,12,15,17H,4-9,11H2,1-3H3. The number of hydrogen-bond donors (Lipinski definition) is 1. The zero-order valence-corrected chi connectivity index (χ0v) is 12.6. The molecule has 0 radical (unpaired) electrons. The van der Waals surface area contributed by atoms with E-state index in [4.69, 9.17) is 0 Å². The minimum Gasteiger partial charge on any atom is -0.371 e. The van der Waals surface area contributed by atoms with Crippen LogP contribution in [-0.4, -0.2) is 25.1 Å². The molecule has 3 heteroatoms. The van der Waals surface area contributed by atoms with E-state index < -0.39 is 0 Å². The molecule has 1 aromatic heterocycles. The van der Waals surface area contributed by atoms with Gasteiger partial charge in [-0.1, -0.05) is 25.7 Å². The summed E-state index contributed by atoms with van der Waals surface area (Å²) in [5.74, 6) is 0. The summed E-state index contributed by atoms with van der Waals surface area (Å²) in [5.41, 5.74) is 3.77. The first-order valence-electron chi connectivity index (χ1n) is 7.55. The topological polar surface area (TPSA) is 28.2 Å². The van der Waals surface area contributed by atoms with E-state index >= 15 is 0 Å². The van der Waals surface area contributed by atoms with Crippen molar-refractivity contribution >= 4 is 5.69 Å². The van der Waals surface area contributed by atoms with Gasteiger partial charge < -0.3 is 10.2 Å². The molecule has 0 aliphatic heterocycles. The van der Waals surface area contributed by atoms with E-state index in [1.165, 1.54) is 49.8 Å². The number of aryl methyl sites for hydroxylation is 1. The van der Waals surface area contributed by atoms with Gasteiger partial charge in [0.2, 0.25) is 0 Å². The molecule has 106 valence electrons. The molecular formula is C16H27N3. The molecule has 19 heavy (non-hydrogen) atoms. The highest BCUT2D eigenvalue weighted by Crippen LogP contribution is 2.28. The summed E-state index contributed by atoms with van der Waals surface area (Å²) < 4.78 is 0. The van der Waals surface area contributed by atoms with Gasteiger partial charge in [-0.15, -0.1) is 0 Å². The number of anilines is 1. The highest BCUT2D eigenvalue weighted by Gasteiger charge is 2.19. The van der Waals surface area contributed by atoms with E-state index in [-0.39, 0.29) is 0 Å². The summed E-state index contributed by atoms with van der Waals surface area (Å²) >= 11 is 0. The SMILES string of the molecule is CNCc1cnc(C)cc1N(C)C1CCCCCC1. The Hall–Kier alpha value is -1.09. The second kappa shape index (κ2) is 6.90. The molecule has 1 aliphatic rings. The molecule has 0 unspecified atom stereocenters. The molecule has 2 rings (SSSR count). The smallest absolute Gasteiger partial charge is 0.0445 e. The number of hydrogen-bond acceptors (Lipinski definition) is 3. The average Bonchev–Trinajstić information content (AvgIpc) is 2.69. The lowest BCUT2D eigenvalue weighted by Gasteiger charge is -2.31. The van der Waals surface area contributed by atoms with Gasteiger partial charge in [0.15, 0.2) is 0 Å². The van der Waals surface area contributed by atoms with Crippen LogP contribution < -0.4 is 10.2 Å². The molecule has 0 amide bonds. The Bertz CT molecular complexity index is 395. The zero-order valence-electron chi connectivity index (χ0n) is 12.6. The summed E-state index contributed by atoms with van der Waals surface area (Å²) in [6.45, 7) is 2.97. The predicted octanol–water partition coefficient (Wildman–Crippen LogP) is 3.27. The summed E-state index contributed by atoms with van der Waals surface area (Å²) in [4.78, 5) is 6.93. The molecule has 1 aromatic rings. The summed E-state index contributed by atoms with van der Waals surface area (Å²) in [5, 5.41) is 3.25. The molecule has 0 bridgehead atoms. The first-order chi connectivity index (χ1) is 9.22. The van der Waals surface area contributed by atoms with Crippen molar-refractivity contribution in [3.8, 4) is 0 Å². The minimum absolute atomic E-state index is 0.694. The Morgan fingerprint density at radius 3 is 2.58 bits per heavy atom. The Labute approximate surface area is 117 Å². The van der Waals surface area contributed by atoms with Gasteiger partial charge in [-0.05, 0) is 32.9 Å². The van der Waals surface area contributed by atoms with Crippen molar-refractivity contribution in [3.63, 3.8) is 0 Å². The third kappa shape index (κ3) is 3.69. The molecule has 3 nitrogen and oxygen atoms in total. The van der Waals surface area contributed by atoms with Crippen LogP contribution in [0.1, 0.15) is 49.8 Å². The third-order valence-electron chi connectivity index (χ3n) is 4.22. The van der Waals surface area contributed by atoms with Gasteiger partial charge in [-0.25, -0.2) is 0 Å². The van der Waals surface area contributed by atoms with Gasteiger partial charge in [0.05, 0.1) is 0 Å². The molecule has 1 heterocycles. The lowest BCUT2D eigenvalue weighted by atomic mass is 10.1. The number of nitrogens with one attached hydrogen (secondary N) is 1. The number of aromatic nitrogens is 1. The quantitative estimate of drug-likeness (QED) is 0.843. The van der Waals surface area contributed by atoms with Crippen molar-refractivity contribution in [2.24, 2.45) is 0 Å². The fourth-order valence-electron chi connectivity index (χ4n) is 3.07. The second-order valence-corrected chi connectivity index (χ2v) is 5.74. The highest BCUT2D eigenvalue weighted by molar-refractivity contribution is 5.53. The molecule has 0 spiro atoms. The van der Waals surface area contributed by atoms with Crippen LogP contribution in [0.5, 0.6) is 0 Å². The van der Waals surface area contributed by atoms with Crippen molar-refractivity contribution in [2.45, 2.75) is 58.0 Å². The number of rotatable bonds is 4. The Balaban J connectivity index is 2.20. The summed E-state index contributed by atoms with van der Waals surface area (Å²) in [6, 6.07) is 2.93. The second-order valence-electron chi connectivity index (χ2n) is 5.74. The van der Waals surface area contributed by atoms with Gasteiger partial charge in [-0.3, -0.25) is 4.98 Å². The molecule has 0 saturated heterocycles. The van der Waals surface area contributed by atoms with Gasteiger partial charge in [0.25, 0.3) is 0 Å². The fraction of sp³-hybridized carbons (Fsp3) is 0.688. The molecule has 1 fully saturated rings. The van der Waals surface area contributed by atoms with Crippen LogP contribution in [-0.2, 0) is 6.54 Å². The maximum absolute atomic E-state index is 4.44.